The molecule has 2 aromatic carbocycles. The Balaban J connectivity index is 1.72. The quantitative estimate of drug-likeness (QED) is 0.687. The van der Waals surface area contributed by atoms with Gasteiger partial charge in [0.2, 0.25) is 5.91 Å². The van der Waals surface area contributed by atoms with Crippen LogP contribution in [0.4, 0.5) is 5.69 Å². The van der Waals surface area contributed by atoms with E-state index in [0.717, 1.165) is 5.69 Å². The van der Waals surface area contributed by atoms with Gasteiger partial charge >= 0.3 is 0 Å². The Morgan fingerprint density at radius 1 is 1.16 bits per heavy atom. The fourth-order valence-corrected chi connectivity index (χ4v) is 3.11. The monoisotopic (exact) mass is 354 g/mol. The molecule has 128 valence electrons. The van der Waals surface area contributed by atoms with Crippen LogP contribution in [0.15, 0.2) is 66.1 Å². The van der Waals surface area contributed by atoms with E-state index >= 15 is 0 Å². The first kappa shape index (κ1) is 17.0. The number of thioether (sulfide) groups is 1. The van der Waals surface area contributed by atoms with Gasteiger partial charge in [-0.3, -0.25) is 9.36 Å². The largest absolute Gasteiger partial charge is 0.495 e. The highest BCUT2D eigenvalue weighted by atomic mass is 32.2. The van der Waals surface area contributed by atoms with Crippen molar-refractivity contribution in [1.82, 2.24) is 14.8 Å². The molecule has 25 heavy (non-hydrogen) atoms. The van der Waals surface area contributed by atoms with E-state index in [2.05, 4.69) is 15.5 Å². The van der Waals surface area contributed by atoms with Crippen molar-refractivity contribution in [1.29, 1.82) is 0 Å². The number of nitrogens with one attached hydrogen (secondary N) is 1. The molecule has 0 fully saturated rings. The second-order valence-corrected chi connectivity index (χ2v) is 6.58. The molecule has 1 amide bonds. The van der Waals surface area contributed by atoms with E-state index in [1.54, 1.807) is 25.6 Å². The molecule has 1 unspecified atom stereocenters. The van der Waals surface area contributed by atoms with Crippen LogP contribution in [0.2, 0.25) is 0 Å². The number of benzene rings is 2. The number of anilines is 1. The molecule has 3 aromatic rings. The molecule has 0 radical (unpaired) electrons. The maximum Gasteiger partial charge on any atom is 0.237 e. The highest BCUT2D eigenvalue weighted by molar-refractivity contribution is 8.00. The molecular weight excluding hydrogens is 336 g/mol. The zero-order valence-electron chi connectivity index (χ0n) is 13.9. The van der Waals surface area contributed by atoms with E-state index in [0.29, 0.717) is 16.6 Å². The number of carbonyl (C=O) groups excluding carboxylic acids is 1. The smallest absolute Gasteiger partial charge is 0.237 e. The Morgan fingerprint density at radius 2 is 1.88 bits per heavy atom. The number of carbonyl (C=O) groups is 1. The van der Waals surface area contributed by atoms with Crippen LogP contribution in [0, 0.1) is 0 Å². The summed E-state index contributed by atoms with van der Waals surface area (Å²) in [6.07, 6.45) is 1.64. The Bertz CT molecular complexity index is 851. The fourth-order valence-electron chi connectivity index (χ4n) is 2.26. The zero-order valence-corrected chi connectivity index (χ0v) is 14.7. The lowest BCUT2D eigenvalue weighted by Gasteiger charge is -2.14. The van der Waals surface area contributed by atoms with Gasteiger partial charge in [-0.25, -0.2) is 0 Å². The van der Waals surface area contributed by atoms with Crippen molar-refractivity contribution < 1.29 is 9.53 Å². The Hall–Kier alpha value is -2.80. The second kappa shape index (κ2) is 7.85. The lowest BCUT2D eigenvalue weighted by molar-refractivity contribution is -0.115. The highest BCUT2D eigenvalue weighted by Crippen LogP contribution is 2.27. The van der Waals surface area contributed by atoms with E-state index in [1.165, 1.54) is 11.8 Å². The molecule has 0 aliphatic rings. The summed E-state index contributed by atoms with van der Waals surface area (Å²) < 4.78 is 7.12. The van der Waals surface area contributed by atoms with Gasteiger partial charge in [-0.1, -0.05) is 42.1 Å². The molecule has 1 N–H and O–H groups in total. The van der Waals surface area contributed by atoms with Crippen molar-refractivity contribution >= 4 is 23.4 Å². The van der Waals surface area contributed by atoms with Crippen LogP contribution in [0.25, 0.3) is 5.69 Å². The number of methoxy groups -OCH3 is 1. The molecule has 1 aromatic heterocycles. The van der Waals surface area contributed by atoms with E-state index in [1.807, 2.05) is 54.0 Å². The zero-order chi connectivity index (χ0) is 17.6. The minimum atomic E-state index is -0.350. The molecule has 0 saturated carbocycles. The Labute approximate surface area is 150 Å². The van der Waals surface area contributed by atoms with Crippen LogP contribution in [0.3, 0.4) is 0 Å². The second-order valence-electron chi connectivity index (χ2n) is 5.27. The molecule has 0 spiro atoms. The van der Waals surface area contributed by atoms with E-state index in [-0.39, 0.29) is 11.2 Å². The summed E-state index contributed by atoms with van der Waals surface area (Å²) in [7, 11) is 1.57. The number of nitrogens with zero attached hydrogens (tertiary/aromatic N) is 3. The average molecular weight is 354 g/mol. The summed E-state index contributed by atoms with van der Waals surface area (Å²) in [5, 5.41) is 11.3. The van der Waals surface area contributed by atoms with Gasteiger partial charge in [-0.2, -0.15) is 0 Å². The molecule has 0 saturated heterocycles. The molecule has 6 nitrogen and oxygen atoms in total. The lowest BCUT2D eigenvalue weighted by atomic mass is 10.3. The Kier molecular flexibility index (Phi) is 5.35. The summed E-state index contributed by atoms with van der Waals surface area (Å²) in [5.41, 5.74) is 1.60. The topological polar surface area (TPSA) is 69.0 Å². The molecule has 3 rings (SSSR count). The maximum absolute atomic E-state index is 12.5. The van der Waals surface area contributed by atoms with Crippen LogP contribution in [-0.2, 0) is 4.79 Å². The summed E-state index contributed by atoms with van der Waals surface area (Å²) in [6.45, 7) is 1.83. The molecule has 7 heteroatoms. The van der Waals surface area contributed by atoms with Crippen LogP contribution >= 0.6 is 11.8 Å². The van der Waals surface area contributed by atoms with E-state index < -0.39 is 0 Å². The summed E-state index contributed by atoms with van der Waals surface area (Å²) >= 11 is 1.35. The first-order valence-electron chi connectivity index (χ1n) is 7.75. The first-order chi connectivity index (χ1) is 12.2. The lowest BCUT2D eigenvalue weighted by Crippen LogP contribution is -2.23. The van der Waals surface area contributed by atoms with Crippen molar-refractivity contribution in [3.05, 3.63) is 60.9 Å². The third kappa shape index (κ3) is 4.00. The number of para-hydroxylation sites is 3. The van der Waals surface area contributed by atoms with Crippen LogP contribution in [0.5, 0.6) is 5.75 Å². The minimum absolute atomic E-state index is 0.128. The Morgan fingerprint density at radius 3 is 2.64 bits per heavy atom. The molecule has 1 heterocycles. The van der Waals surface area contributed by atoms with E-state index in [9.17, 15) is 4.79 Å². The average Bonchev–Trinajstić information content (AvgIpc) is 3.11. The van der Waals surface area contributed by atoms with Crippen molar-refractivity contribution in [3.8, 4) is 11.4 Å². The van der Waals surface area contributed by atoms with Gasteiger partial charge in [0.1, 0.15) is 12.1 Å². The summed E-state index contributed by atoms with van der Waals surface area (Å²) in [5.74, 6) is 0.498. The predicted molar refractivity (Wildman–Crippen MR) is 98.3 cm³/mol. The number of amides is 1. The van der Waals surface area contributed by atoms with Crippen LogP contribution < -0.4 is 10.1 Å². The van der Waals surface area contributed by atoms with Gasteiger partial charge < -0.3 is 10.1 Å². The number of hydrogen-bond donors (Lipinski definition) is 1. The first-order valence-corrected chi connectivity index (χ1v) is 8.63. The predicted octanol–water partition coefficient (Wildman–Crippen LogP) is 3.40. The van der Waals surface area contributed by atoms with Gasteiger partial charge in [0.15, 0.2) is 5.16 Å². The van der Waals surface area contributed by atoms with Crippen LogP contribution in [0.1, 0.15) is 6.92 Å². The number of aromatic nitrogens is 3. The van der Waals surface area contributed by atoms with E-state index in [4.69, 9.17) is 4.74 Å². The molecule has 0 aliphatic carbocycles. The van der Waals surface area contributed by atoms with Gasteiger partial charge in [0.05, 0.1) is 18.0 Å². The minimum Gasteiger partial charge on any atom is -0.495 e. The fraction of sp³-hybridized carbons (Fsp3) is 0.167. The molecule has 1 atom stereocenters. The number of rotatable bonds is 6. The van der Waals surface area contributed by atoms with Crippen molar-refractivity contribution in [3.63, 3.8) is 0 Å². The standard InChI is InChI=1S/C18H18N4O2S/c1-13(17(23)20-15-10-6-7-11-16(15)24-2)25-18-21-19-12-22(18)14-8-4-3-5-9-14/h3-13H,1-2H3,(H,20,23). The normalized spacial score (nSPS) is 11.8. The highest BCUT2D eigenvalue weighted by Gasteiger charge is 2.19. The summed E-state index contributed by atoms with van der Waals surface area (Å²) in [6, 6.07) is 17.1. The number of ether oxygens (including phenoxy) is 1. The van der Waals surface area contributed by atoms with Gasteiger partial charge in [-0.05, 0) is 31.2 Å². The molecular formula is C18H18N4O2S. The van der Waals surface area contributed by atoms with Crippen molar-refractivity contribution in [2.24, 2.45) is 0 Å². The number of hydrogen-bond acceptors (Lipinski definition) is 5. The molecule has 0 aliphatic heterocycles. The third-order valence-electron chi connectivity index (χ3n) is 3.57. The van der Waals surface area contributed by atoms with Gasteiger partial charge in [0, 0.05) is 5.69 Å². The van der Waals surface area contributed by atoms with Crippen molar-refractivity contribution in [2.45, 2.75) is 17.3 Å². The molecule has 0 bridgehead atoms. The van der Waals surface area contributed by atoms with Crippen LogP contribution in [-0.4, -0.2) is 33.0 Å². The van der Waals surface area contributed by atoms with Gasteiger partial charge in [0.25, 0.3) is 0 Å². The third-order valence-corrected chi connectivity index (χ3v) is 4.62. The summed E-state index contributed by atoms with van der Waals surface area (Å²) in [4.78, 5) is 12.5. The van der Waals surface area contributed by atoms with Gasteiger partial charge in [-0.15, -0.1) is 10.2 Å². The van der Waals surface area contributed by atoms with Crippen molar-refractivity contribution in [2.75, 3.05) is 12.4 Å². The SMILES string of the molecule is COc1ccccc1NC(=O)C(C)Sc1nncn1-c1ccccc1. The maximum atomic E-state index is 12.5.